The van der Waals surface area contributed by atoms with E-state index in [1.165, 1.54) is 11.3 Å². The minimum atomic E-state index is -0.156. The number of rotatable bonds is 7. The molecule has 0 bridgehead atoms. The van der Waals surface area contributed by atoms with E-state index >= 15 is 0 Å². The second-order valence-corrected chi connectivity index (χ2v) is 8.55. The summed E-state index contributed by atoms with van der Waals surface area (Å²) < 4.78 is 7.33. The van der Waals surface area contributed by atoms with Gasteiger partial charge in [-0.25, -0.2) is 0 Å². The average Bonchev–Trinajstić information content (AvgIpc) is 3.40. The Labute approximate surface area is 175 Å². The van der Waals surface area contributed by atoms with Gasteiger partial charge in [-0.05, 0) is 43.4 Å². The third-order valence-corrected chi connectivity index (χ3v) is 6.79. The van der Waals surface area contributed by atoms with Crippen LogP contribution in [0.15, 0.2) is 24.5 Å². The number of aromatic nitrogens is 1. The molecule has 0 atom stereocenters. The van der Waals surface area contributed by atoms with E-state index in [1.807, 2.05) is 29.1 Å². The highest BCUT2D eigenvalue weighted by molar-refractivity contribution is 7.15. The van der Waals surface area contributed by atoms with Crippen LogP contribution in [0.4, 0.5) is 0 Å². The molecule has 2 aromatic rings. The van der Waals surface area contributed by atoms with Crippen LogP contribution >= 0.6 is 11.3 Å². The maximum atomic E-state index is 13.0. The summed E-state index contributed by atoms with van der Waals surface area (Å²) in [6.07, 6.45) is 8.17. The molecule has 1 fully saturated rings. The number of amides is 2. The molecule has 0 radical (unpaired) electrons. The van der Waals surface area contributed by atoms with Crippen molar-refractivity contribution in [2.75, 3.05) is 45.9 Å². The van der Waals surface area contributed by atoms with Crippen LogP contribution in [0, 0.1) is 0 Å². The van der Waals surface area contributed by atoms with E-state index in [0.29, 0.717) is 6.54 Å². The van der Waals surface area contributed by atoms with Crippen molar-refractivity contribution in [2.24, 2.45) is 0 Å². The normalized spacial score (nSPS) is 17.0. The van der Waals surface area contributed by atoms with Crippen molar-refractivity contribution in [1.82, 2.24) is 20.1 Å². The van der Waals surface area contributed by atoms with E-state index in [2.05, 4.69) is 15.5 Å². The van der Waals surface area contributed by atoms with Gasteiger partial charge in [-0.1, -0.05) is 0 Å². The van der Waals surface area contributed by atoms with Crippen molar-refractivity contribution in [1.29, 1.82) is 0 Å². The fraction of sp³-hybridized carbons (Fsp3) is 0.524. The summed E-state index contributed by atoms with van der Waals surface area (Å²) in [5.41, 5.74) is 1.90. The molecule has 3 heterocycles. The van der Waals surface area contributed by atoms with Crippen LogP contribution < -0.4 is 10.6 Å². The summed E-state index contributed by atoms with van der Waals surface area (Å²) in [5, 5.41) is 6.68. The first kappa shape index (κ1) is 20.1. The summed E-state index contributed by atoms with van der Waals surface area (Å²) in [5.74, 6) is -0.311. The number of aryl methyl sites for hydroxylation is 1. The highest BCUT2D eigenvalue weighted by Gasteiger charge is 2.26. The lowest BCUT2D eigenvalue weighted by molar-refractivity contribution is -0.120. The second kappa shape index (κ2) is 9.56. The molecule has 0 saturated carbocycles. The van der Waals surface area contributed by atoms with Gasteiger partial charge in [0.15, 0.2) is 0 Å². The Balaban J connectivity index is 1.34. The van der Waals surface area contributed by atoms with Crippen LogP contribution in [-0.2, 0) is 22.4 Å². The predicted molar refractivity (Wildman–Crippen MR) is 113 cm³/mol. The third-order valence-electron chi connectivity index (χ3n) is 5.48. The van der Waals surface area contributed by atoms with E-state index in [1.54, 1.807) is 11.3 Å². The first-order valence-corrected chi connectivity index (χ1v) is 11.2. The van der Waals surface area contributed by atoms with E-state index in [9.17, 15) is 9.59 Å². The van der Waals surface area contributed by atoms with Gasteiger partial charge in [0.05, 0.1) is 25.3 Å². The fourth-order valence-corrected chi connectivity index (χ4v) is 5.28. The molecule has 156 valence electrons. The van der Waals surface area contributed by atoms with Gasteiger partial charge in [-0.15, -0.1) is 11.3 Å². The zero-order valence-corrected chi connectivity index (χ0v) is 17.4. The third kappa shape index (κ3) is 4.88. The van der Waals surface area contributed by atoms with Crippen molar-refractivity contribution in [3.8, 4) is 5.00 Å². The summed E-state index contributed by atoms with van der Waals surface area (Å²) in [6, 6.07) is 3.92. The van der Waals surface area contributed by atoms with Crippen LogP contribution in [-0.4, -0.2) is 67.2 Å². The minimum absolute atomic E-state index is 0.00230. The molecule has 4 rings (SSSR count). The molecule has 2 amide bonds. The number of morpholine rings is 1. The van der Waals surface area contributed by atoms with Gasteiger partial charge in [-0.2, -0.15) is 0 Å². The maximum absolute atomic E-state index is 13.0. The zero-order valence-electron chi connectivity index (χ0n) is 16.6. The molecular weight excluding hydrogens is 388 g/mol. The van der Waals surface area contributed by atoms with Crippen molar-refractivity contribution in [2.45, 2.75) is 25.7 Å². The number of nitrogens with one attached hydrogen (secondary N) is 2. The van der Waals surface area contributed by atoms with Crippen LogP contribution in [0.2, 0.25) is 0 Å². The number of hydrogen-bond acceptors (Lipinski definition) is 5. The molecular formula is C21H28N4O3S. The standard InChI is InChI=1S/C21H28N4O3S/c26-18(22-7-10-24-11-13-28-14-12-24)15-23-20(27)19-16-5-1-2-6-17(16)29-21(19)25-8-3-4-9-25/h3-4,8-9H,1-2,5-7,10-15H2,(H,22,26)(H,23,27). The van der Waals surface area contributed by atoms with Crippen LogP contribution in [0.25, 0.3) is 5.00 Å². The van der Waals surface area contributed by atoms with Crippen LogP contribution in [0.3, 0.4) is 0 Å². The molecule has 0 unspecified atom stereocenters. The number of nitrogens with zero attached hydrogens (tertiary/aromatic N) is 2. The Morgan fingerprint density at radius 1 is 1.07 bits per heavy atom. The molecule has 0 spiro atoms. The molecule has 1 aliphatic carbocycles. The lowest BCUT2D eigenvalue weighted by atomic mass is 9.95. The maximum Gasteiger partial charge on any atom is 0.255 e. The summed E-state index contributed by atoms with van der Waals surface area (Å²) in [7, 11) is 0. The minimum Gasteiger partial charge on any atom is -0.379 e. The molecule has 2 N–H and O–H groups in total. The lowest BCUT2D eigenvalue weighted by Crippen LogP contribution is -2.43. The molecule has 1 saturated heterocycles. The highest BCUT2D eigenvalue weighted by Crippen LogP contribution is 2.36. The molecule has 2 aromatic heterocycles. The smallest absolute Gasteiger partial charge is 0.255 e. The Kier molecular flexibility index (Phi) is 6.63. The summed E-state index contributed by atoms with van der Waals surface area (Å²) >= 11 is 1.70. The number of hydrogen-bond donors (Lipinski definition) is 2. The van der Waals surface area contributed by atoms with Crippen molar-refractivity contribution in [3.05, 3.63) is 40.5 Å². The van der Waals surface area contributed by atoms with Crippen molar-refractivity contribution < 1.29 is 14.3 Å². The topological polar surface area (TPSA) is 75.6 Å². The SMILES string of the molecule is O=C(CNC(=O)c1c(-n2cccc2)sc2c1CCCC2)NCCN1CCOCC1. The molecule has 29 heavy (non-hydrogen) atoms. The van der Waals surface area contributed by atoms with Gasteiger partial charge in [-0.3, -0.25) is 14.5 Å². The number of carbonyl (C=O) groups is 2. The van der Waals surface area contributed by atoms with Gasteiger partial charge in [0.1, 0.15) is 5.00 Å². The van der Waals surface area contributed by atoms with Gasteiger partial charge < -0.3 is 19.9 Å². The second-order valence-electron chi connectivity index (χ2n) is 7.47. The average molecular weight is 417 g/mol. The molecule has 0 aromatic carbocycles. The number of ether oxygens (including phenoxy) is 1. The molecule has 1 aliphatic heterocycles. The largest absolute Gasteiger partial charge is 0.379 e. The monoisotopic (exact) mass is 416 g/mol. The molecule has 7 nitrogen and oxygen atoms in total. The fourth-order valence-electron chi connectivity index (χ4n) is 3.93. The van der Waals surface area contributed by atoms with Gasteiger partial charge >= 0.3 is 0 Å². The quantitative estimate of drug-likeness (QED) is 0.719. The van der Waals surface area contributed by atoms with E-state index in [0.717, 1.165) is 68.2 Å². The van der Waals surface area contributed by atoms with Crippen molar-refractivity contribution >= 4 is 23.2 Å². The first-order valence-electron chi connectivity index (χ1n) is 10.4. The Hall–Kier alpha value is -2.16. The van der Waals surface area contributed by atoms with Crippen molar-refractivity contribution in [3.63, 3.8) is 0 Å². The molecule has 8 heteroatoms. The predicted octanol–water partition coefficient (Wildman–Crippen LogP) is 1.60. The first-order chi connectivity index (χ1) is 14.2. The highest BCUT2D eigenvalue weighted by atomic mass is 32.1. The van der Waals surface area contributed by atoms with Gasteiger partial charge in [0.25, 0.3) is 5.91 Å². The van der Waals surface area contributed by atoms with Gasteiger partial charge in [0.2, 0.25) is 5.91 Å². The Bertz CT molecular complexity index is 840. The zero-order chi connectivity index (χ0) is 20.1. The molecule has 2 aliphatic rings. The number of carbonyl (C=O) groups excluding carboxylic acids is 2. The van der Waals surface area contributed by atoms with Gasteiger partial charge in [0, 0.05) is 43.4 Å². The van der Waals surface area contributed by atoms with E-state index in [-0.39, 0.29) is 18.4 Å². The Morgan fingerprint density at radius 2 is 1.83 bits per heavy atom. The summed E-state index contributed by atoms with van der Waals surface area (Å²) in [6.45, 7) is 4.68. The van der Waals surface area contributed by atoms with Crippen LogP contribution in [0.1, 0.15) is 33.6 Å². The van der Waals surface area contributed by atoms with E-state index < -0.39 is 0 Å². The van der Waals surface area contributed by atoms with E-state index in [4.69, 9.17) is 4.74 Å². The Morgan fingerprint density at radius 3 is 2.62 bits per heavy atom. The summed E-state index contributed by atoms with van der Waals surface area (Å²) in [4.78, 5) is 28.8. The van der Waals surface area contributed by atoms with Crippen LogP contribution in [0.5, 0.6) is 0 Å². The number of thiophene rings is 1. The number of fused-ring (bicyclic) bond motifs is 1. The lowest BCUT2D eigenvalue weighted by Gasteiger charge is -2.26.